The first-order valence-electron chi connectivity index (χ1n) is 8.19. The summed E-state index contributed by atoms with van der Waals surface area (Å²) in [5.41, 5.74) is 4.04. The van der Waals surface area contributed by atoms with E-state index in [0.717, 1.165) is 23.5 Å². The molecule has 1 N–H and O–H groups in total. The van der Waals surface area contributed by atoms with Gasteiger partial charge in [0, 0.05) is 17.8 Å². The second kappa shape index (κ2) is 5.96. The van der Waals surface area contributed by atoms with Gasteiger partial charge in [0.15, 0.2) is 0 Å². The summed E-state index contributed by atoms with van der Waals surface area (Å²) in [6.07, 6.45) is 2.86. The van der Waals surface area contributed by atoms with E-state index in [4.69, 9.17) is 0 Å². The van der Waals surface area contributed by atoms with Crippen LogP contribution < -0.4 is 5.32 Å². The number of aromatic nitrogens is 2. The molecule has 0 aliphatic heterocycles. The van der Waals surface area contributed by atoms with Crippen molar-refractivity contribution in [3.05, 3.63) is 78.1 Å². The van der Waals surface area contributed by atoms with Gasteiger partial charge in [-0.2, -0.15) is 5.10 Å². The van der Waals surface area contributed by atoms with Crippen LogP contribution in [0.15, 0.2) is 66.9 Å². The molecule has 1 amide bonds. The minimum Gasteiger partial charge on any atom is -0.326 e. The fraction of sp³-hybridized carbons (Fsp3) is 0.200. The van der Waals surface area contributed by atoms with Gasteiger partial charge in [0.25, 0.3) is 0 Å². The SMILES string of the molecule is Cc1ccn(-c2ccc(NC(=O)[C@@H]3C[C@H]3c3ccccc3)cc2)n1. The number of hydrogen-bond donors (Lipinski definition) is 1. The number of carbonyl (C=O) groups is 1. The molecule has 0 unspecified atom stereocenters. The van der Waals surface area contributed by atoms with E-state index in [0.29, 0.717) is 5.92 Å². The molecule has 4 heteroatoms. The highest BCUT2D eigenvalue weighted by Gasteiger charge is 2.43. The fourth-order valence-electron chi connectivity index (χ4n) is 3.04. The van der Waals surface area contributed by atoms with E-state index in [2.05, 4.69) is 22.5 Å². The molecule has 0 radical (unpaired) electrons. The molecule has 0 spiro atoms. The topological polar surface area (TPSA) is 46.9 Å². The van der Waals surface area contributed by atoms with Crippen molar-refractivity contribution in [2.45, 2.75) is 19.3 Å². The molecule has 0 bridgehead atoms. The van der Waals surface area contributed by atoms with Crippen molar-refractivity contribution in [2.24, 2.45) is 5.92 Å². The molecule has 120 valence electrons. The van der Waals surface area contributed by atoms with Gasteiger partial charge in [0.1, 0.15) is 0 Å². The maximum Gasteiger partial charge on any atom is 0.228 e. The zero-order valence-electron chi connectivity index (χ0n) is 13.5. The van der Waals surface area contributed by atoms with Crippen LogP contribution in [0, 0.1) is 12.8 Å². The molecule has 4 rings (SSSR count). The predicted octanol–water partition coefficient (Wildman–Crippen LogP) is 3.92. The van der Waals surface area contributed by atoms with Crippen LogP contribution >= 0.6 is 0 Å². The van der Waals surface area contributed by atoms with E-state index in [-0.39, 0.29) is 11.8 Å². The second-order valence-electron chi connectivity index (χ2n) is 6.30. The van der Waals surface area contributed by atoms with Crippen molar-refractivity contribution in [3.63, 3.8) is 0 Å². The maximum absolute atomic E-state index is 12.4. The highest BCUT2D eigenvalue weighted by atomic mass is 16.2. The van der Waals surface area contributed by atoms with Crippen LogP contribution in [0.25, 0.3) is 5.69 Å². The Hall–Kier alpha value is -2.88. The van der Waals surface area contributed by atoms with Crippen molar-refractivity contribution >= 4 is 11.6 Å². The third-order valence-corrected chi connectivity index (χ3v) is 4.48. The van der Waals surface area contributed by atoms with E-state index in [1.54, 1.807) is 0 Å². The van der Waals surface area contributed by atoms with Crippen LogP contribution in [0.4, 0.5) is 5.69 Å². The minimum atomic E-state index is 0.0841. The number of nitrogens with one attached hydrogen (secondary N) is 1. The molecule has 1 saturated carbocycles. The van der Waals surface area contributed by atoms with Crippen molar-refractivity contribution in [1.82, 2.24) is 9.78 Å². The fourth-order valence-corrected chi connectivity index (χ4v) is 3.04. The number of rotatable bonds is 4. The number of benzene rings is 2. The Labute approximate surface area is 141 Å². The highest BCUT2D eigenvalue weighted by Crippen LogP contribution is 2.47. The second-order valence-corrected chi connectivity index (χ2v) is 6.30. The Morgan fingerprint density at radius 1 is 1.08 bits per heavy atom. The lowest BCUT2D eigenvalue weighted by Crippen LogP contribution is -2.14. The molecule has 24 heavy (non-hydrogen) atoms. The summed E-state index contributed by atoms with van der Waals surface area (Å²) in [5, 5.41) is 7.40. The summed E-state index contributed by atoms with van der Waals surface area (Å²) >= 11 is 0. The molecular formula is C20H19N3O. The van der Waals surface area contributed by atoms with E-state index in [1.807, 2.05) is 66.3 Å². The summed E-state index contributed by atoms with van der Waals surface area (Å²) < 4.78 is 1.83. The molecule has 2 atom stereocenters. The number of amides is 1. The number of nitrogens with zero attached hydrogens (tertiary/aromatic N) is 2. The average Bonchev–Trinajstić information content (AvgIpc) is 3.31. The van der Waals surface area contributed by atoms with Gasteiger partial charge in [-0.25, -0.2) is 4.68 Å². The normalized spacial score (nSPS) is 19.0. The van der Waals surface area contributed by atoms with Crippen LogP contribution in [-0.4, -0.2) is 15.7 Å². The standard InChI is InChI=1S/C20H19N3O/c1-14-11-12-23(22-14)17-9-7-16(8-10-17)21-20(24)19-13-18(19)15-5-3-2-4-6-15/h2-12,18-19H,13H2,1H3,(H,21,24)/t18-,19+/m0/s1. The lowest BCUT2D eigenvalue weighted by Gasteiger charge is -2.07. The molecule has 1 aliphatic rings. The largest absolute Gasteiger partial charge is 0.326 e. The summed E-state index contributed by atoms with van der Waals surface area (Å²) in [4.78, 5) is 12.4. The summed E-state index contributed by atoms with van der Waals surface area (Å²) in [6, 6.07) is 20.0. The molecule has 3 aromatic rings. The Balaban J connectivity index is 1.40. The van der Waals surface area contributed by atoms with Crippen LogP contribution in [-0.2, 0) is 4.79 Å². The van der Waals surface area contributed by atoms with Crippen molar-refractivity contribution in [3.8, 4) is 5.69 Å². The smallest absolute Gasteiger partial charge is 0.228 e. The van der Waals surface area contributed by atoms with Gasteiger partial charge in [-0.05, 0) is 55.2 Å². The van der Waals surface area contributed by atoms with Crippen LogP contribution in [0.1, 0.15) is 23.6 Å². The number of aryl methyl sites for hydroxylation is 1. The minimum absolute atomic E-state index is 0.0841. The van der Waals surface area contributed by atoms with Crippen molar-refractivity contribution in [1.29, 1.82) is 0 Å². The quantitative estimate of drug-likeness (QED) is 0.792. The first-order chi connectivity index (χ1) is 11.7. The molecule has 0 saturated heterocycles. The van der Waals surface area contributed by atoms with Crippen LogP contribution in [0.2, 0.25) is 0 Å². The van der Waals surface area contributed by atoms with Crippen molar-refractivity contribution < 1.29 is 4.79 Å². The first-order valence-corrected chi connectivity index (χ1v) is 8.19. The van der Waals surface area contributed by atoms with Crippen LogP contribution in [0.3, 0.4) is 0 Å². The van der Waals surface area contributed by atoms with E-state index in [1.165, 1.54) is 5.56 Å². The Bertz CT molecular complexity index is 852. The molecular weight excluding hydrogens is 298 g/mol. The van der Waals surface area contributed by atoms with Gasteiger partial charge in [-0.3, -0.25) is 4.79 Å². The summed E-state index contributed by atoms with van der Waals surface area (Å²) in [5.74, 6) is 0.546. The summed E-state index contributed by atoms with van der Waals surface area (Å²) in [7, 11) is 0. The Morgan fingerprint density at radius 3 is 2.50 bits per heavy atom. The van der Waals surface area contributed by atoms with E-state index in [9.17, 15) is 4.79 Å². The van der Waals surface area contributed by atoms with Gasteiger partial charge in [-0.15, -0.1) is 0 Å². The lowest BCUT2D eigenvalue weighted by molar-refractivity contribution is -0.117. The zero-order valence-corrected chi connectivity index (χ0v) is 13.5. The van der Waals surface area contributed by atoms with Gasteiger partial charge < -0.3 is 5.32 Å². The van der Waals surface area contributed by atoms with Gasteiger partial charge in [0.05, 0.1) is 11.4 Å². The van der Waals surface area contributed by atoms with Crippen LogP contribution in [0.5, 0.6) is 0 Å². The highest BCUT2D eigenvalue weighted by molar-refractivity contribution is 5.95. The Morgan fingerprint density at radius 2 is 1.83 bits per heavy atom. The predicted molar refractivity (Wildman–Crippen MR) is 94.2 cm³/mol. The summed E-state index contributed by atoms with van der Waals surface area (Å²) in [6.45, 7) is 1.96. The van der Waals surface area contributed by atoms with Gasteiger partial charge in [-0.1, -0.05) is 30.3 Å². The van der Waals surface area contributed by atoms with Gasteiger partial charge in [0.2, 0.25) is 5.91 Å². The molecule has 1 aromatic heterocycles. The number of carbonyl (C=O) groups excluding carboxylic acids is 1. The van der Waals surface area contributed by atoms with E-state index >= 15 is 0 Å². The Kier molecular flexibility index (Phi) is 3.65. The molecule has 4 nitrogen and oxygen atoms in total. The molecule has 1 aliphatic carbocycles. The molecule has 1 fully saturated rings. The first kappa shape index (κ1) is 14.7. The third kappa shape index (κ3) is 2.95. The molecule has 1 heterocycles. The lowest BCUT2D eigenvalue weighted by atomic mass is 10.1. The number of anilines is 1. The number of hydrogen-bond acceptors (Lipinski definition) is 2. The van der Waals surface area contributed by atoms with E-state index < -0.39 is 0 Å². The third-order valence-electron chi connectivity index (χ3n) is 4.48. The monoisotopic (exact) mass is 317 g/mol. The zero-order chi connectivity index (χ0) is 16.5. The molecule has 2 aromatic carbocycles. The average molecular weight is 317 g/mol. The van der Waals surface area contributed by atoms with Crippen molar-refractivity contribution in [2.75, 3.05) is 5.32 Å². The maximum atomic E-state index is 12.4. The van der Waals surface area contributed by atoms with Gasteiger partial charge >= 0.3 is 0 Å².